The van der Waals surface area contributed by atoms with E-state index in [1.54, 1.807) is 34.0 Å². The minimum absolute atomic E-state index is 0.114. The number of rotatable bonds is 4. The Balaban J connectivity index is 2.21. The zero-order valence-electron chi connectivity index (χ0n) is 18.9. The maximum absolute atomic E-state index is 13.2. The van der Waals surface area contributed by atoms with Gasteiger partial charge in [0, 0.05) is 12.7 Å². The molecule has 0 radical (unpaired) electrons. The Morgan fingerprint density at radius 2 is 1.87 bits per heavy atom. The summed E-state index contributed by atoms with van der Waals surface area (Å²) in [6, 6.07) is 3.99. The Kier molecular flexibility index (Phi) is 5.96. The van der Waals surface area contributed by atoms with Crippen LogP contribution in [-0.4, -0.2) is 30.8 Å². The monoisotopic (exact) mass is 412 g/mol. The summed E-state index contributed by atoms with van der Waals surface area (Å²) >= 11 is 0. The predicted octanol–water partition coefficient (Wildman–Crippen LogP) is 5.13. The normalized spacial score (nSPS) is 24.2. The summed E-state index contributed by atoms with van der Waals surface area (Å²) < 4.78 is 17.5. The molecule has 1 fully saturated rings. The number of carbonyl (C=O) groups is 2. The number of methoxy groups -OCH3 is 1. The molecule has 1 aromatic rings. The molecule has 0 N–H and O–H groups in total. The number of benzene rings is 1. The van der Waals surface area contributed by atoms with Crippen LogP contribution in [0.25, 0.3) is 11.6 Å². The van der Waals surface area contributed by atoms with Gasteiger partial charge >= 0.3 is 11.9 Å². The van der Waals surface area contributed by atoms with Crippen molar-refractivity contribution in [2.24, 2.45) is 5.41 Å². The summed E-state index contributed by atoms with van der Waals surface area (Å²) in [4.78, 5) is 26.1. The minimum Gasteiger partial charge on any atom is -0.447 e. The van der Waals surface area contributed by atoms with Gasteiger partial charge in [-0.3, -0.25) is 4.79 Å². The van der Waals surface area contributed by atoms with Gasteiger partial charge in [-0.1, -0.05) is 30.4 Å². The van der Waals surface area contributed by atoms with Crippen molar-refractivity contribution in [3.8, 4) is 0 Å². The summed E-state index contributed by atoms with van der Waals surface area (Å²) in [5.41, 5.74) is 2.24. The van der Waals surface area contributed by atoms with Crippen LogP contribution >= 0.6 is 0 Å². The van der Waals surface area contributed by atoms with Crippen molar-refractivity contribution in [1.82, 2.24) is 0 Å². The van der Waals surface area contributed by atoms with Gasteiger partial charge in [-0.2, -0.15) is 0 Å². The summed E-state index contributed by atoms with van der Waals surface area (Å²) in [5.74, 6) is -0.485. The number of aryl methyl sites for hydroxylation is 2. The van der Waals surface area contributed by atoms with Crippen LogP contribution in [-0.2, 0) is 23.8 Å². The first-order chi connectivity index (χ1) is 14.0. The van der Waals surface area contributed by atoms with Crippen LogP contribution in [0, 0.1) is 19.3 Å². The number of hydrogen-bond donors (Lipinski definition) is 0. The molecule has 1 aromatic carbocycles. The molecule has 5 nitrogen and oxygen atoms in total. The lowest BCUT2D eigenvalue weighted by atomic mass is 9.80. The standard InChI is InChI=1S/C25H32O5/c1-8-17-14-15(2)13-16(3)19(17)20-21(29-23(27)24(4,5)6)25(30-22(20)26)11-9-18(28-7)10-12-25/h8,13-14,18H,1,9-12H2,2-7H3. The van der Waals surface area contributed by atoms with E-state index in [0.29, 0.717) is 24.2 Å². The Labute approximate surface area is 179 Å². The van der Waals surface area contributed by atoms with Crippen LogP contribution in [0.1, 0.15) is 68.7 Å². The molecule has 0 atom stereocenters. The third-order valence-electron chi connectivity index (χ3n) is 5.99. The molecule has 0 bridgehead atoms. The molecule has 30 heavy (non-hydrogen) atoms. The molecule has 2 aliphatic rings. The maximum Gasteiger partial charge on any atom is 0.343 e. The zero-order valence-corrected chi connectivity index (χ0v) is 18.9. The average molecular weight is 413 g/mol. The fourth-order valence-electron chi connectivity index (χ4n) is 4.33. The van der Waals surface area contributed by atoms with Gasteiger partial charge in [0.1, 0.15) is 5.57 Å². The van der Waals surface area contributed by atoms with Crippen molar-refractivity contribution < 1.29 is 23.8 Å². The third-order valence-corrected chi connectivity index (χ3v) is 5.99. The average Bonchev–Trinajstić information content (AvgIpc) is 2.92. The van der Waals surface area contributed by atoms with E-state index in [4.69, 9.17) is 14.2 Å². The molecule has 162 valence electrons. The highest BCUT2D eigenvalue weighted by Crippen LogP contribution is 2.49. The van der Waals surface area contributed by atoms with E-state index < -0.39 is 17.0 Å². The predicted molar refractivity (Wildman–Crippen MR) is 117 cm³/mol. The van der Waals surface area contributed by atoms with Gasteiger partial charge in [-0.25, -0.2) is 4.79 Å². The first-order valence-corrected chi connectivity index (χ1v) is 10.5. The highest BCUT2D eigenvalue weighted by Gasteiger charge is 2.53. The van der Waals surface area contributed by atoms with Gasteiger partial charge in [0.05, 0.1) is 11.5 Å². The fourth-order valence-corrected chi connectivity index (χ4v) is 4.33. The van der Waals surface area contributed by atoms with E-state index in [1.165, 1.54) is 0 Å². The molecule has 0 amide bonds. The molecule has 1 heterocycles. The van der Waals surface area contributed by atoms with Crippen LogP contribution in [0.5, 0.6) is 0 Å². The summed E-state index contributed by atoms with van der Waals surface area (Å²) in [6.45, 7) is 13.3. The summed E-state index contributed by atoms with van der Waals surface area (Å²) in [7, 11) is 1.69. The van der Waals surface area contributed by atoms with Crippen LogP contribution < -0.4 is 0 Å². The molecule has 5 heteroatoms. The lowest BCUT2D eigenvalue weighted by Crippen LogP contribution is -2.40. The van der Waals surface area contributed by atoms with Crippen molar-refractivity contribution >= 4 is 23.6 Å². The smallest absolute Gasteiger partial charge is 0.343 e. The van der Waals surface area contributed by atoms with E-state index in [1.807, 2.05) is 26.0 Å². The van der Waals surface area contributed by atoms with Gasteiger partial charge < -0.3 is 14.2 Å². The second-order valence-electron chi connectivity index (χ2n) is 9.41. The minimum atomic E-state index is -0.932. The molecule has 1 aliphatic heterocycles. The van der Waals surface area contributed by atoms with Gasteiger partial charge in [0.25, 0.3) is 0 Å². The van der Waals surface area contributed by atoms with Gasteiger partial charge in [-0.15, -0.1) is 0 Å². The van der Waals surface area contributed by atoms with Crippen molar-refractivity contribution in [1.29, 1.82) is 0 Å². The topological polar surface area (TPSA) is 61.8 Å². The van der Waals surface area contributed by atoms with Crippen LogP contribution in [0.4, 0.5) is 0 Å². The first kappa shape index (κ1) is 22.3. The largest absolute Gasteiger partial charge is 0.447 e. The van der Waals surface area contributed by atoms with E-state index in [-0.39, 0.29) is 12.1 Å². The van der Waals surface area contributed by atoms with Crippen molar-refractivity contribution in [3.05, 3.63) is 46.7 Å². The molecular weight excluding hydrogens is 380 g/mol. The number of hydrogen-bond acceptors (Lipinski definition) is 5. The second kappa shape index (κ2) is 8.03. The lowest BCUT2D eigenvalue weighted by molar-refractivity contribution is -0.161. The second-order valence-corrected chi connectivity index (χ2v) is 9.41. The molecule has 1 aliphatic carbocycles. The zero-order chi connectivity index (χ0) is 22.3. The maximum atomic E-state index is 13.2. The molecule has 0 saturated heterocycles. The summed E-state index contributed by atoms with van der Waals surface area (Å²) in [5, 5.41) is 0. The fraction of sp³-hybridized carbons (Fsp3) is 0.520. The van der Waals surface area contributed by atoms with Crippen molar-refractivity contribution in [3.63, 3.8) is 0 Å². The van der Waals surface area contributed by atoms with Gasteiger partial charge in [0.15, 0.2) is 11.4 Å². The van der Waals surface area contributed by atoms with E-state index >= 15 is 0 Å². The van der Waals surface area contributed by atoms with E-state index in [0.717, 1.165) is 35.1 Å². The Morgan fingerprint density at radius 1 is 1.23 bits per heavy atom. The quantitative estimate of drug-likeness (QED) is 0.642. The molecule has 0 unspecified atom stereocenters. The Hall–Kier alpha value is -2.40. The van der Waals surface area contributed by atoms with E-state index in [2.05, 4.69) is 6.58 Å². The van der Waals surface area contributed by atoms with Gasteiger partial charge in [-0.05, 0) is 71.4 Å². The van der Waals surface area contributed by atoms with Crippen molar-refractivity contribution in [2.75, 3.05) is 7.11 Å². The molecular formula is C25H32O5. The van der Waals surface area contributed by atoms with Crippen LogP contribution in [0.15, 0.2) is 24.5 Å². The molecule has 1 saturated carbocycles. The third kappa shape index (κ3) is 3.95. The number of carbonyl (C=O) groups excluding carboxylic acids is 2. The lowest BCUT2D eigenvalue weighted by Gasteiger charge is -2.37. The number of esters is 2. The molecule has 3 rings (SSSR count). The highest BCUT2D eigenvalue weighted by atomic mass is 16.6. The molecule has 1 spiro atoms. The molecule has 0 aromatic heterocycles. The highest BCUT2D eigenvalue weighted by molar-refractivity contribution is 6.21. The SMILES string of the molecule is C=Cc1cc(C)cc(C)c1C1=C(OC(=O)C(C)(C)C)C2(CCC(OC)CC2)OC1=O. The van der Waals surface area contributed by atoms with Gasteiger partial charge in [0.2, 0.25) is 0 Å². The van der Waals surface area contributed by atoms with Crippen molar-refractivity contribution in [2.45, 2.75) is 72.0 Å². The van der Waals surface area contributed by atoms with Crippen LogP contribution in [0.3, 0.4) is 0 Å². The number of ether oxygens (including phenoxy) is 3. The first-order valence-electron chi connectivity index (χ1n) is 10.5. The Bertz CT molecular complexity index is 908. The summed E-state index contributed by atoms with van der Waals surface area (Å²) in [6.07, 6.45) is 4.42. The van der Waals surface area contributed by atoms with E-state index in [9.17, 15) is 9.59 Å². The Morgan fingerprint density at radius 3 is 2.40 bits per heavy atom. The van der Waals surface area contributed by atoms with Crippen LogP contribution in [0.2, 0.25) is 0 Å².